The zero-order chi connectivity index (χ0) is 11.1. The molecule has 1 heterocycles. The summed E-state index contributed by atoms with van der Waals surface area (Å²) >= 11 is 1.33. The van der Waals surface area contributed by atoms with E-state index in [0.29, 0.717) is 5.01 Å². The van der Waals surface area contributed by atoms with E-state index in [9.17, 15) is 4.79 Å². The summed E-state index contributed by atoms with van der Waals surface area (Å²) in [7, 11) is 0. The molecule has 0 saturated carbocycles. The van der Waals surface area contributed by atoms with E-state index in [1.807, 2.05) is 36.4 Å². The minimum atomic E-state index is -0.467. The Bertz CT molecular complexity index is 702. The second-order valence-electron chi connectivity index (χ2n) is 3.52. The van der Waals surface area contributed by atoms with E-state index in [1.165, 1.54) is 11.3 Å². The highest BCUT2D eigenvalue weighted by Crippen LogP contribution is 2.28. The first-order chi connectivity index (χ1) is 7.75. The minimum absolute atomic E-state index is 0.367. The SMILES string of the molecule is NC(=O)c1nc2c(ccc3ccccc32)s1. The van der Waals surface area contributed by atoms with Gasteiger partial charge in [0.2, 0.25) is 0 Å². The number of hydrogen-bond acceptors (Lipinski definition) is 3. The lowest BCUT2D eigenvalue weighted by Crippen LogP contribution is -2.09. The normalized spacial score (nSPS) is 11.0. The maximum atomic E-state index is 11.1. The van der Waals surface area contributed by atoms with Gasteiger partial charge in [-0.1, -0.05) is 30.3 Å². The molecule has 0 spiro atoms. The highest BCUT2D eigenvalue weighted by atomic mass is 32.1. The molecule has 3 nitrogen and oxygen atoms in total. The number of amides is 1. The van der Waals surface area contributed by atoms with Crippen molar-refractivity contribution in [2.24, 2.45) is 5.73 Å². The lowest BCUT2D eigenvalue weighted by molar-refractivity contribution is 0.1000. The molecule has 2 N–H and O–H groups in total. The Morgan fingerprint density at radius 3 is 2.81 bits per heavy atom. The smallest absolute Gasteiger partial charge is 0.277 e. The molecule has 1 amide bonds. The lowest BCUT2D eigenvalue weighted by Gasteiger charge is -1.96. The predicted octanol–water partition coefficient (Wildman–Crippen LogP) is 2.55. The number of fused-ring (bicyclic) bond motifs is 3. The molecule has 3 aromatic rings. The molecule has 4 heteroatoms. The molecule has 0 atom stereocenters. The van der Waals surface area contributed by atoms with Crippen molar-refractivity contribution in [2.75, 3.05) is 0 Å². The molecule has 0 bridgehead atoms. The Hall–Kier alpha value is -1.94. The van der Waals surface area contributed by atoms with Crippen LogP contribution in [0.15, 0.2) is 36.4 Å². The summed E-state index contributed by atoms with van der Waals surface area (Å²) in [4.78, 5) is 15.4. The van der Waals surface area contributed by atoms with Gasteiger partial charge in [-0.2, -0.15) is 0 Å². The first-order valence-electron chi connectivity index (χ1n) is 4.84. The Morgan fingerprint density at radius 2 is 2.00 bits per heavy atom. The van der Waals surface area contributed by atoms with E-state index < -0.39 is 5.91 Å². The van der Waals surface area contributed by atoms with E-state index in [-0.39, 0.29) is 0 Å². The van der Waals surface area contributed by atoms with Gasteiger partial charge in [-0.05, 0) is 11.5 Å². The first-order valence-corrected chi connectivity index (χ1v) is 5.65. The van der Waals surface area contributed by atoms with Gasteiger partial charge in [0.1, 0.15) is 0 Å². The monoisotopic (exact) mass is 228 g/mol. The number of thiazole rings is 1. The van der Waals surface area contributed by atoms with Crippen LogP contribution in [0.2, 0.25) is 0 Å². The highest BCUT2D eigenvalue weighted by molar-refractivity contribution is 7.20. The molecule has 0 radical (unpaired) electrons. The largest absolute Gasteiger partial charge is 0.364 e. The van der Waals surface area contributed by atoms with Gasteiger partial charge in [0.25, 0.3) is 5.91 Å². The van der Waals surface area contributed by atoms with Gasteiger partial charge < -0.3 is 5.73 Å². The maximum absolute atomic E-state index is 11.1. The van der Waals surface area contributed by atoms with Crippen LogP contribution >= 0.6 is 11.3 Å². The summed E-state index contributed by atoms with van der Waals surface area (Å²) in [5.41, 5.74) is 6.09. The Balaban J connectivity index is 2.46. The van der Waals surface area contributed by atoms with Crippen molar-refractivity contribution in [3.8, 4) is 0 Å². The third-order valence-electron chi connectivity index (χ3n) is 2.49. The number of nitrogens with two attached hydrogens (primary N) is 1. The summed E-state index contributed by atoms with van der Waals surface area (Å²) in [6.07, 6.45) is 0. The average Bonchev–Trinajstić information content (AvgIpc) is 2.73. The first kappa shape index (κ1) is 9.30. The zero-order valence-electron chi connectivity index (χ0n) is 8.31. The van der Waals surface area contributed by atoms with Gasteiger partial charge in [-0.25, -0.2) is 4.98 Å². The zero-order valence-corrected chi connectivity index (χ0v) is 9.12. The van der Waals surface area contributed by atoms with Crippen molar-refractivity contribution in [3.05, 3.63) is 41.4 Å². The molecule has 16 heavy (non-hydrogen) atoms. The third kappa shape index (κ3) is 1.27. The van der Waals surface area contributed by atoms with Gasteiger partial charge in [0.15, 0.2) is 5.01 Å². The number of benzene rings is 2. The van der Waals surface area contributed by atoms with Gasteiger partial charge >= 0.3 is 0 Å². The van der Waals surface area contributed by atoms with Crippen LogP contribution in [0.3, 0.4) is 0 Å². The fourth-order valence-corrected chi connectivity index (χ4v) is 2.60. The number of hydrogen-bond donors (Lipinski definition) is 1. The van der Waals surface area contributed by atoms with Crippen LogP contribution in [-0.2, 0) is 0 Å². The van der Waals surface area contributed by atoms with Crippen molar-refractivity contribution in [1.82, 2.24) is 4.98 Å². The third-order valence-corrected chi connectivity index (χ3v) is 3.53. The van der Waals surface area contributed by atoms with E-state index in [0.717, 1.165) is 21.0 Å². The van der Waals surface area contributed by atoms with Crippen LogP contribution in [0, 0.1) is 0 Å². The number of aromatic nitrogens is 1. The second kappa shape index (κ2) is 3.28. The van der Waals surface area contributed by atoms with E-state index in [1.54, 1.807) is 0 Å². The standard InChI is InChI=1S/C12H8N2OS/c13-11(15)12-14-10-8-4-2-1-3-7(8)5-6-9(10)16-12/h1-6H,(H2,13,15). The molecule has 0 fully saturated rings. The number of nitrogens with zero attached hydrogens (tertiary/aromatic N) is 1. The summed E-state index contributed by atoms with van der Waals surface area (Å²) in [6, 6.07) is 12.0. The molecule has 0 saturated heterocycles. The summed E-state index contributed by atoms with van der Waals surface area (Å²) in [5.74, 6) is -0.467. The molecule has 0 aliphatic rings. The molecule has 0 aliphatic carbocycles. The van der Waals surface area contributed by atoms with E-state index in [2.05, 4.69) is 4.98 Å². The van der Waals surface area contributed by atoms with Gasteiger partial charge in [-0.15, -0.1) is 11.3 Å². The van der Waals surface area contributed by atoms with E-state index in [4.69, 9.17) is 5.73 Å². The van der Waals surface area contributed by atoms with Crippen molar-refractivity contribution in [3.63, 3.8) is 0 Å². The molecule has 2 aromatic carbocycles. The number of rotatable bonds is 1. The Morgan fingerprint density at radius 1 is 1.19 bits per heavy atom. The number of primary amides is 1. The Kier molecular flexibility index (Phi) is 1.91. The lowest BCUT2D eigenvalue weighted by atomic mass is 10.1. The predicted molar refractivity (Wildman–Crippen MR) is 65.6 cm³/mol. The fraction of sp³-hybridized carbons (Fsp3) is 0. The summed E-state index contributed by atoms with van der Waals surface area (Å²) in [6.45, 7) is 0. The van der Waals surface area contributed by atoms with Crippen LogP contribution in [0.25, 0.3) is 21.0 Å². The van der Waals surface area contributed by atoms with Crippen LogP contribution < -0.4 is 5.73 Å². The van der Waals surface area contributed by atoms with Crippen molar-refractivity contribution < 1.29 is 4.79 Å². The van der Waals surface area contributed by atoms with Gasteiger partial charge in [0, 0.05) is 5.39 Å². The molecule has 0 unspecified atom stereocenters. The topological polar surface area (TPSA) is 56.0 Å². The summed E-state index contributed by atoms with van der Waals surface area (Å²) < 4.78 is 0.993. The number of carbonyl (C=O) groups excluding carboxylic acids is 1. The summed E-state index contributed by atoms with van der Waals surface area (Å²) in [5, 5.41) is 2.55. The van der Waals surface area contributed by atoms with Crippen molar-refractivity contribution in [2.45, 2.75) is 0 Å². The molecule has 78 valence electrons. The average molecular weight is 228 g/mol. The highest BCUT2D eigenvalue weighted by Gasteiger charge is 2.10. The molecule has 0 aliphatic heterocycles. The Labute approximate surface area is 95.5 Å². The molecule has 3 rings (SSSR count). The van der Waals surface area contributed by atoms with Gasteiger partial charge in [0.05, 0.1) is 10.2 Å². The van der Waals surface area contributed by atoms with Crippen LogP contribution in [0.1, 0.15) is 9.80 Å². The molecular weight excluding hydrogens is 220 g/mol. The quantitative estimate of drug-likeness (QED) is 0.695. The minimum Gasteiger partial charge on any atom is -0.364 e. The maximum Gasteiger partial charge on any atom is 0.277 e. The van der Waals surface area contributed by atoms with Crippen molar-refractivity contribution in [1.29, 1.82) is 0 Å². The number of carbonyl (C=O) groups is 1. The van der Waals surface area contributed by atoms with Crippen molar-refractivity contribution >= 4 is 38.2 Å². The van der Waals surface area contributed by atoms with Gasteiger partial charge in [-0.3, -0.25) is 4.79 Å². The molecule has 1 aromatic heterocycles. The van der Waals surface area contributed by atoms with Crippen LogP contribution in [0.4, 0.5) is 0 Å². The van der Waals surface area contributed by atoms with Crippen LogP contribution in [-0.4, -0.2) is 10.9 Å². The van der Waals surface area contributed by atoms with Crippen LogP contribution in [0.5, 0.6) is 0 Å². The molecular formula is C12H8N2OS. The van der Waals surface area contributed by atoms with E-state index >= 15 is 0 Å². The second-order valence-corrected chi connectivity index (χ2v) is 4.55. The fourth-order valence-electron chi connectivity index (χ4n) is 1.77.